The molecule has 1 N–H and O–H groups in total. The Bertz CT molecular complexity index is 764. The number of hydrogen-bond acceptors (Lipinski definition) is 4. The molecular weight excluding hydrogens is 330 g/mol. The molecule has 1 fully saturated rings. The van der Waals surface area contributed by atoms with Crippen LogP contribution in [0.2, 0.25) is 0 Å². The molecule has 1 aliphatic heterocycles. The zero-order valence-electron chi connectivity index (χ0n) is 15.1. The van der Waals surface area contributed by atoms with E-state index < -0.39 is 0 Å². The first kappa shape index (κ1) is 17.9. The van der Waals surface area contributed by atoms with Crippen LogP contribution < -0.4 is 10.1 Å². The molecule has 6 nitrogen and oxygen atoms in total. The number of nitrogens with zero attached hydrogens (tertiary/aromatic N) is 2. The molecule has 3 rings (SSSR count). The van der Waals surface area contributed by atoms with Gasteiger partial charge in [-0.05, 0) is 43.3 Å². The number of aromatic nitrogens is 1. The number of benzene rings is 1. The van der Waals surface area contributed by atoms with E-state index in [9.17, 15) is 9.59 Å². The van der Waals surface area contributed by atoms with Crippen LogP contribution in [0.4, 0.5) is 5.69 Å². The van der Waals surface area contributed by atoms with Gasteiger partial charge in [0.15, 0.2) is 0 Å². The normalized spacial score (nSPS) is 14.8. The Kier molecular flexibility index (Phi) is 5.51. The lowest BCUT2D eigenvalue weighted by Crippen LogP contribution is -2.41. The number of nitrogens with one attached hydrogen (secondary N) is 1. The molecule has 0 radical (unpaired) electrons. The van der Waals surface area contributed by atoms with Crippen molar-refractivity contribution < 1.29 is 14.3 Å². The molecule has 0 atom stereocenters. The fourth-order valence-electron chi connectivity index (χ4n) is 2.98. The number of carbonyl (C=O) groups is 2. The van der Waals surface area contributed by atoms with Gasteiger partial charge in [0.2, 0.25) is 5.91 Å². The Balaban J connectivity index is 1.53. The number of piperidine rings is 1. The lowest BCUT2D eigenvalue weighted by atomic mass is 10.1. The standard InChI is InChI=1S/C20H23N3O3/c1-14-3-8-19(13-21-14)26-18-9-11-23(12-10-18)20(25)16-4-6-17(7-5-16)22-15(2)24/h3-8,13,18H,9-12H2,1-2H3,(H,22,24). The van der Waals surface area contributed by atoms with E-state index in [1.807, 2.05) is 24.0 Å². The van der Waals surface area contributed by atoms with Gasteiger partial charge in [0.25, 0.3) is 5.91 Å². The van der Waals surface area contributed by atoms with Gasteiger partial charge in [0.1, 0.15) is 11.9 Å². The smallest absolute Gasteiger partial charge is 0.253 e. The predicted molar refractivity (Wildman–Crippen MR) is 99.3 cm³/mol. The van der Waals surface area contributed by atoms with Crippen molar-refractivity contribution in [3.8, 4) is 5.75 Å². The Hall–Kier alpha value is -2.89. The van der Waals surface area contributed by atoms with E-state index in [1.54, 1.807) is 30.5 Å². The molecule has 2 amide bonds. The molecule has 2 heterocycles. The highest BCUT2D eigenvalue weighted by molar-refractivity contribution is 5.95. The summed E-state index contributed by atoms with van der Waals surface area (Å²) < 4.78 is 5.96. The number of anilines is 1. The first-order chi connectivity index (χ1) is 12.5. The number of ether oxygens (including phenoxy) is 1. The minimum Gasteiger partial charge on any atom is -0.489 e. The Morgan fingerprint density at radius 2 is 1.81 bits per heavy atom. The molecule has 6 heteroatoms. The quantitative estimate of drug-likeness (QED) is 0.917. The predicted octanol–water partition coefficient (Wildman–Crippen LogP) is 3.03. The summed E-state index contributed by atoms with van der Waals surface area (Å²) in [5.41, 5.74) is 2.27. The Labute approximate surface area is 153 Å². The van der Waals surface area contributed by atoms with Crippen molar-refractivity contribution in [1.82, 2.24) is 9.88 Å². The number of amides is 2. The maximum atomic E-state index is 12.6. The molecule has 0 spiro atoms. The van der Waals surface area contributed by atoms with Crippen LogP contribution in [-0.4, -0.2) is 40.9 Å². The fourth-order valence-corrected chi connectivity index (χ4v) is 2.98. The van der Waals surface area contributed by atoms with Gasteiger partial charge in [-0.1, -0.05) is 0 Å². The third-order valence-corrected chi connectivity index (χ3v) is 4.37. The van der Waals surface area contributed by atoms with Crippen LogP contribution in [0.5, 0.6) is 5.75 Å². The van der Waals surface area contributed by atoms with Crippen LogP contribution in [0.25, 0.3) is 0 Å². The summed E-state index contributed by atoms with van der Waals surface area (Å²) in [5.74, 6) is 0.652. The Morgan fingerprint density at radius 1 is 1.12 bits per heavy atom. The zero-order chi connectivity index (χ0) is 18.5. The van der Waals surface area contributed by atoms with Crippen LogP contribution in [0.1, 0.15) is 35.8 Å². The highest BCUT2D eigenvalue weighted by Crippen LogP contribution is 2.20. The van der Waals surface area contributed by atoms with Crippen molar-refractivity contribution in [1.29, 1.82) is 0 Å². The largest absolute Gasteiger partial charge is 0.489 e. The number of pyridine rings is 1. The van der Waals surface area contributed by atoms with Gasteiger partial charge in [-0.3, -0.25) is 14.6 Å². The maximum Gasteiger partial charge on any atom is 0.253 e. The van der Waals surface area contributed by atoms with Crippen molar-refractivity contribution in [3.63, 3.8) is 0 Å². The highest BCUT2D eigenvalue weighted by atomic mass is 16.5. The first-order valence-corrected chi connectivity index (χ1v) is 8.77. The molecule has 1 aliphatic rings. The molecule has 136 valence electrons. The van der Waals surface area contributed by atoms with E-state index in [2.05, 4.69) is 10.3 Å². The van der Waals surface area contributed by atoms with Gasteiger partial charge in [-0.25, -0.2) is 0 Å². The number of hydrogen-bond donors (Lipinski definition) is 1. The highest BCUT2D eigenvalue weighted by Gasteiger charge is 2.24. The minimum absolute atomic E-state index is 0.00910. The summed E-state index contributed by atoms with van der Waals surface area (Å²) in [6, 6.07) is 10.8. The van der Waals surface area contributed by atoms with Gasteiger partial charge < -0.3 is 15.0 Å². The molecule has 26 heavy (non-hydrogen) atoms. The van der Waals surface area contributed by atoms with Gasteiger partial charge in [0.05, 0.1) is 6.20 Å². The molecule has 1 saturated heterocycles. The molecule has 1 aromatic carbocycles. The third-order valence-electron chi connectivity index (χ3n) is 4.37. The number of aryl methyl sites for hydroxylation is 1. The van der Waals surface area contributed by atoms with Crippen LogP contribution in [0.3, 0.4) is 0 Å². The van der Waals surface area contributed by atoms with Gasteiger partial charge in [-0.2, -0.15) is 0 Å². The summed E-state index contributed by atoms with van der Waals surface area (Å²) in [7, 11) is 0. The molecule has 0 saturated carbocycles. The molecule has 0 unspecified atom stereocenters. The van der Waals surface area contributed by atoms with E-state index >= 15 is 0 Å². The van der Waals surface area contributed by atoms with Gasteiger partial charge in [-0.15, -0.1) is 0 Å². The van der Waals surface area contributed by atoms with Crippen molar-refractivity contribution >= 4 is 17.5 Å². The van der Waals surface area contributed by atoms with Gasteiger partial charge in [0, 0.05) is 49.8 Å². The summed E-state index contributed by atoms with van der Waals surface area (Å²) in [6.07, 6.45) is 3.43. The lowest BCUT2D eigenvalue weighted by Gasteiger charge is -2.32. The van der Waals surface area contributed by atoms with E-state index in [-0.39, 0.29) is 17.9 Å². The summed E-state index contributed by atoms with van der Waals surface area (Å²) in [4.78, 5) is 29.8. The molecule has 1 aromatic heterocycles. The molecule has 2 aromatic rings. The minimum atomic E-state index is -0.130. The average Bonchev–Trinajstić information content (AvgIpc) is 2.64. The average molecular weight is 353 g/mol. The van der Waals surface area contributed by atoms with Crippen LogP contribution >= 0.6 is 0 Å². The molecule has 0 bridgehead atoms. The second-order valence-corrected chi connectivity index (χ2v) is 6.50. The second-order valence-electron chi connectivity index (χ2n) is 6.50. The van der Waals surface area contributed by atoms with Crippen LogP contribution in [0.15, 0.2) is 42.6 Å². The summed E-state index contributed by atoms with van der Waals surface area (Å²) in [5, 5.41) is 2.70. The van der Waals surface area contributed by atoms with Crippen LogP contribution in [0, 0.1) is 6.92 Å². The van der Waals surface area contributed by atoms with Crippen molar-refractivity contribution in [3.05, 3.63) is 53.9 Å². The second kappa shape index (κ2) is 7.99. The van der Waals surface area contributed by atoms with Crippen LogP contribution in [-0.2, 0) is 4.79 Å². The lowest BCUT2D eigenvalue weighted by molar-refractivity contribution is -0.114. The van der Waals surface area contributed by atoms with E-state index in [0.717, 1.165) is 24.3 Å². The molecular formula is C20H23N3O3. The van der Waals surface area contributed by atoms with Crippen molar-refractivity contribution in [2.24, 2.45) is 0 Å². The maximum absolute atomic E-state index is 12.6. The molecule has 0 aliphatic carbocycles. The third kappa shape index (κ3) is 4.59. The first-order valence-electron chi connectivity index (χ1n) is 8.77. The van der Waals surface area contributed by atoms with E-state index in [4.69, 9.17) is 4.74 Å². The van der Waals surface area contributed by atoms with E-state index in [1.165, 1.54) is 6.92 Å². The van der Waals surface area contributed by atoms with Gasteiger partial charge >= 0.3 is 0 Å². The number of carbonyl (C=O) groups excluding carboxylic acids is 2. The summed E-state index contributed by atoms with van der Waals surface area (Å²) in [6.45, 7) is 4.72. The summed E-state index contributed by atoms with van der Waals surface area (Å²) >= 11 is 0. The van der Waals surface area contributed by atoms with Crippen molar-refractivity contribution in [2.45, 2.75) is 32.8 Å². The fraction of sp³-hybridized carbons (Fsp3) is 0.350. The monoisotopic (exact) mass is 353 g/mol. The topological polar surface area (TPSA) is 71.5 Å². The number of rotatable bonds is 4. The zero-order valence-corrected chi connectivity index (χ0v) is 15.1. The number of likely N-dealkylation sites (tertiary alicyclic amines) is 1. The van der Waals surface area contributed by atoms with E-state index in [0.29, 0.717) is 24.3 Å². The SMILES string of the molecule is CC(=O)Nc1ccc(C(=O)N2CCC(Oc3ccc(C)nc3)CC2)cc1. The Morgan fingerprint density at radius 3 is 2.38 bits per heavy atom. The van der Waals surface area contributed by atoms with Crippen molar-refractivity contribution in [2.75, 3.05) is 18.4 Å².